The zero-order chi connectivity index (χ0) is 21.3. The molecule has 6 heteroatoms. The monoisotopic (exact) mass is 453 g/mol. The highest BCUT2D eigenvalue weighted by atomic mass is 35.5. The molecule has 0 saturated heterocycles. The molecule has 0 atom stereocenters. The summed E-state index contributed by atoms with van der Waals surface area (Å²) in [6.07, 6.45) is 0.886. The average Bonchev–Trinajstić information content (AvgIpc) is 3.14. The first-order chi connectivity index (χ1) is 14.4. The van der Waals surface area contributed by atoms with E-state index in [2.05, 4.69) is 45.0 Å². The van der Waals surface area contributed by atoms with Crippen LogP contribution in [0.3, 0.4) is 0 Å². The predicted molar refractivity (Wildman–Crippen MR) is 135 cm³/mol. The average molecular weight is 454 g/mol. The molecule has 0 fully saturated rings. The number of rotatable bonds is 6. The van der Waals surface area contributed by atoms with Crippen LogP contribution in [0.5, 0.6) is 0 Å². The second-order valence-electron chi connectivity index (χ2n) is 8.07. The van der Waals surface area contributed by atoms with Crippen LogP contribution in [0.25, 0.3) is 21.0 Å². The molecule has 4 nitrogen and oxygen atoms in total. The van der Waals surface area contributed by atoms with E-state index in [1.165, 1.54) is 5.56 Å². The lowest BCUT2D eigenvalue weighted by atomic mass is 10.0. The lowest BCUT2D eigenvalue weighted by molar-refractivity contribution is 0.0987. The van der Waals surface area contributed by atoms with Crippen LogP contribution in [-0.2, 0) is 0 Å². The van der Waals surface area contributed by atoms with Crippen molar-refractivity contribution in [3.05, 3.63) is 71.3 Å². The highest BCUT2D eigenvalue weighted by Crippen LogP contribution is 2.33. The van der Waals surface area contributed by atoms with Gasteiger partial charge in [0, 0.05) is 12.1 Å². The van der Waals surface area contributed by atoms with Gasteiger partial charge in [0.15, 0.2) is 5.13 Å². The molecule has 4 rings (SSSR count). The van der Waals surface area contributed by atoms with Gasteiger partial charge in [0.05, 0.1) is 10.2 Å². The van der Waals surface area contributed by atoms with Gasteiger partial charge < -0.3 is 4.90 Å². The smallest absolute Gasteiger partial charge is 0.260 e. The van der Waals surface area contributed by atoms with Gasteiger partial charge in [-0.05, 0) is 74.9 Å². The Kier molecular flexibility index (Phi) is 7.31. The number of halogens is 1. The fourth-order valence-corrected chi connectivity index (χ4v) is 5.03. The summed E-state index contributed by atoms with van der Waals surface area (Å²) >= 11 is 1.60. The molecule has 0 aliphatic rings. The third-order valence-electron chi connectivity index (χ3n) is 5.30. The molecule has 4 aromatic rings. The van der Waals surface area contributed by atoms with Crippen molar-refractivity contribution < 1.29 is 4.79 Å². The minimum atomic E-state index is 0. The minimum absolute atomic E-state index is 0. The van der Waals surface area contributed by atoms with Crippen molar-refractivity contribution in [1.29, 1.82) is 0 Å². The quantitative estimate of drug-likeness (QED) is 0.354. The Balaban J connectivity index is 0.00000272. The number of carbonyl (C=O) groups is 1. The van der Waals surface area contributed by atoms with E-state index in [4.69, 9.17) is 4.98 Å². The molecule has 1 aromatic heterocycles. The Morgan fingerprint density at radius 1 is 1.00 bits per heavy atom. The summed E-state index contributed by atoms with van der Waals surface area (Å²) in [6.45, 7) is 5.74. The van der Waals surface area contributed by atoms with Gasteiger partial charge in [-0.1, -0.05) is 53.8 Å². The van der Waals surface area contributed by atoms with Crippen molar-refractivity contribution in [3.63, 3.8) is 0 Å². The Bertz CT molecular complexity index is 1210. The van der Waals surface area contributed by atoms with Crippen LogP contribution in [0.4, 0.5) is 5.13 Å². The summed E-state index contributed by atoms with van der Waals surface area (Å²) < 4.78 is 1.13. The van der Waals surface area contributed by atoms with Crippen molar-refractivity contribution in [3.8, 4) is 0 Å². The standard InChI is InChI=1S/C25H27N3OS.ClH/c1-17-15-18(2)23-22(16-17)30-25(26-23)28(14-8-13-27(3)4)24(29)21-12-7-10-19-9-5-6-11-20(19)21;/h5-7,9-12,15-16H,8,13-14H2,1-4H3;1H. The van der Waals surface area contributed by atoms with Crippen LogP contribution in [0, 0.1) is 13.8 Å². The minimum Gasteiger partial charge on any atom is -0.309 e. The van der Waals surface area contributed by atoms with Crippen LogP contribution in [0.15, 0.2) is 54.6 Å². The zero-order valence-corrected chi connectivity index (χ0v) is 20.0. The van der Waals surface area contributed by atoms with Crippen LogP contribution in [-0.4, -0.2) is 43.0 Å². The molecule has 0 aliphatic heterocycles. The number of anilines is 1. The molecular formula is C25H28ClN3OS. The first kappa shape index (κ1) is 23.2. The van der Waals surface area contributed by atoms with E-state index in [9.17, 15) is 4.79 Å². The second-order valence-corrected chi connectivity index (χ2v) is 9.07. The Morgan fingerprint density at radius 3 is 2.52 bits per heavy atom. The third kappa shape index (κ3) is 4.90. The van der Waals surface area contributed by atoms with Gasteiger partial charge >= 0.3 is 0 Å². The first-order valence-electron chi connectivity index (χ1n) is 10.3. The Labute approximate surface area is 193 Å². The number of aryl methyl sites for hydroxylation is 2. The fraction of sp³-hybridized carbons (Fsp3) is 0.280. The van der Waals surface area contributed by atoms with Crippen molar-refractivity contribution in [2.75, 3.05) is 32.1 Å². The summed E-state index contributed by atoms with van der Waals surface area (Å²) in [6, 6.07) is 18.3. The highest BCUT2D eigenvalue weighted by Gasteiger charge is 2.23. The normalized spacial score (nSPS) is 11.1. The molecule has 0 N–H and O–H groups in total. The van der Waals surface area contributed by atoms with E-state index in [0.29, 0.717) is 6.54 Å². The van der Waals surface area contributed by atoms with Crippen LogP contribution >= 0.6 is 23.7 Å². The fourth-order valence-electron chi connectivity index (χ4n) is 3.86. The van der Waals surface area contributed by atoms with Crippen molar-refractivity contribution in [2.45, 2.75) is 20.3 Å². The maximum atomic E-state index is 13.7. The molecule has 1 heterocycles. The Morgan fingerprint density at radius 2 is 1.74 bits per heavy atom. The summed E-state index contributed by atoms with van der Waals surface area (Å²) in [4.78, 5) is 22.6. The van der Waals surface area contributed by atoms with Gasteiger partial charge in [-0.2, -0.15) is 0 Å². The lowest BCUT2D eigenvalue weighted by Gasteiger charge is -2.22. The summed E-state index contributed by atoms with van der Waals surface area (Å²) in [5, 5.41) is 2.83. The summed E-state index contributed by atoms with van der Waals surface area (Å²) in [5.41, 5.74) is 4.09. The van der Waals surface area contributed by atoms with Crippen molar-refractivity contribution >= 4 is 55.8 Å². The maximum Gasteiger partial charge on any atom is 0.260 e. The van der Waals surface area contributed by atoms with E-state index in [1.54, 1.807) is 11.3 Å². The number of nitrogens with zero attached hydrogens (tertiary/aromatic N) is 3. The number of hydrogen-bond acceptors (Lipinski definition) is 4. The maximum absolute atomic E-state index is 13.7. The summed E-state index contributed by atoms with van der Waals surface area (Å²) in [7, 11) is 4.11. The molecule has 0 bridgehead atoms. The van der Waals surface area contributed by atoms with E-state index in [-0.39, 0.29) is 18.3 Å². The molecule has 0 unspecified atom stereocenters. The van der Waals surface area contributed by atoms with Gasteiger partial charge in [0.25, 0.3) is 5.91 Å². The van der Waals surface area contributed by atoms with E-state index in [1.807, 2.05) is 47.4 Å². The number of fused-ring (bicyclic) bond motifs is 2. The van der Waals surface area contributed by atoms with Crippen LogP contribution in [0.2, 0.25) is 0 Å². The molecule has 0 spiro atoms. The zero-order valence-electron chi connectivity index (χ0n) is 18.4. The number of hydrogen-bond donors (Lipinski definition) is 0. The highest BCUT2D eigenvalue weighted by molar-refractivity contribution is 7.22. The molecule has 1 amide bonds. The molecular weight excluding hydrogens is 426 g/mol. The molecule has 162 valence electrons. The molecule has 0 radical (unpaired) electrons. The molecule has 31 heavy (non-hydrogen) atoms. The number of carbonyl (C=O) groups excluding carboxylic acids is 1. The molecule has 0 aliphatic carbocycles. The summed E-state index contributed by atoms with van der Waals surface area (Å²) in [5.74, 6) is 0.0130. The number of aromatic nitrogens is 1. The Hall–Kier alpha value is -2.47. The number of benzene rings is 3. The number of amides is 1. The molecule has 3 aromatic carbocycles. The van der Waals surface area contributed by atoms with Gasteiger partial charge in [-0.3, -0.25) is 9.69 Å². The van der Waals surface area contributed by atoms with Crippen molar-refractivity contribution in [1.82, 2.24) is 9.88 Å². The van der Waals surface area contributed by atoms with Crippen molar-refractivity contribution in [2.24, 2.45) is 0 Å². The topological polar surface area (TPSA) is 36.4 Å². The SMILES string of the molecule is Cc1cc(C)c2nc(N(CCCN(C)C)C(=O)c3cccc4ccccc34)sc2c1.Cl. The first-order valence-corrected chi connectivity index (χ1v) is 11.1. The van der Waals surface area contributed by atoms with E-state index >= 15 is 0 Å². The predicted octanol–water partition coefficient (Wildman–Crippen LogP) is 6.09. The second kappa shape index (κ2) is 9.77. The van der Waals surface area contributed by atoms with Gasteiger partial charge in [-0.25, -0.2) is 4.98 Å². The van der Waals surface area contributed by atoms with Gasteiger partial charge in [0.1, 0.15) is 0 Å². The van der Waals surface area contributed by atoms with E-state index in [0.717, 1.165) is 50.2 Å². The lowest BCUT2D eigenvalue weighted by Crippen LogP contribution is -2.33. The van der Waals surface area contributed by atoms with Gasteiger partial charge in [-0.15, -0.1) is 12.4 Å². The van der Waals surface area contributed by atoms with Crippen LogP contribution < -0.4 is 4.90 Å². The van der Waals surface area contributed by atoms with Crippen LogP contribution in [0.1, 0.15) is 27.9 Å². The number of thiazole rings is 1. The molecule has 0 saturated carbocycles. The third-order valence-corrected chi connectivity index (χ3v) is 6.33. The van der Waals surface area contributed by atoms with Gasteiger partial charge in [0.2, 0.25) is 0 Å². The van der Waals surface area contributed by atoms with E-state index < -0.39 is 0 Å². The largest absolute Gasteiger partial charge is 0.309 e.